The first-order chi connectivity index (χ1) is 13.6. The summed E-state index contributed by atoms with van der Waals surface area (Å²) < 4.78 is 11.2. The van der Waals surface area contributed by atoms with E-state index in [4.69, 9.17) is 9.15 Å². The van der Waals surface area contributed by atoms with E-state index in [1.807, 2.05) is 54.3 Å². The highest BCUT2D eigenvalue weighted by atomic mass is 16.5. The fraction of sp³-hybridized carbons (Fsp3) is 0.304. The molecule has 0 spiro atoms. The lowest BCUT2D eigenvalue weighted by Crippen LogP contribution is -2.32. The second-order valence-electron chi connectivity index (χ2n) is 7.19. The van der Waals surface area contributed by atoms with Crippen molar-refractivity contribution >= 4 is 16.9 Å². The number of hydrogen-bond acceptors (Lipinski definition) is 4. The van der Waals surface area contributed by atoms with Crippen LogP contribution in [-0.2, 0) is 11.2 Å². The Bertz CT molecular complexity index is 1050. The Morgan fingerprint density at radius 3 is 2.61 bits per heavy atom. The van der Waals surface area contributed by atoms with Crippen LogP contribution >= 0.6 is 0 Å². The largest absolute Gasteiger partial charge is 0.484 e. The van der Waals surface area contributed by atoms with Crippen molar-refractivity contribution in [3.63, 3.8) is 0 Å². The molecule has 144 valence electrons. The van der Waals surface area contributed by atoms with Gasteiger partial charge in [0.1, 0.15) is 11.3 Å². The molecule has 1 saturated heterocycles. The molecule has 0 aliphatic carbocycles. The number of benzene rings is 2. The number of fused-ring (bicyclic) bond motifs is 1. The van der Waals surface area contributed by atoms with Crippen LogP contribution in [0.3, 0.4) is 0 Å². The van der Waals surface area contributed by atoms with Gasteiger partial charge in [0.2, 0.25) is 0 Å². The molecule has 1 aliphatic heterocycles. The number of nitrogens with zero attached hydrogens (tertiary/aromatic N) is 1. The van der Waals surface area contributed by atoms with Crippen LogP contribution in [0.2, 0.25) is 0 Å². The molecule has 2 aromatic carbocycles. The first-order valence-electron chi connectivity index (χ1n) is 9.62. The topological polar surface area (TPSA) is 59.8 Å². The summed E-state index contributed by atoms with van der Waals surface area (Å²) in [5.74, 6) is 0.520. The Morgan fingerprint density at radius 1 is 1.11 bits per heavy atom. The van der Waals surface area contributed by atoms with Crippen LogP contribution in [0, 0.1) is 6.92 Å². The Hall–Kier alpha value is -3.08. The van der Waals surface area contributed by atoms with Crippen LogP contribution in [0.25, 0.3) is 11.0 Å². The fourth-order valence-electron chi connectivity index (χ4n) is 3.67. The minimum atomic E-state index is -0.334. The smallest absolute Gasteiger partial charge is 0.340 e. The average molecular weight is 377 g/mol. The van der Waals surface area contributed by atoms with Crippen molar-refractivity contribution in [1.29, 1.82) is 0 Å². The van der Waals surface area contributed by atoms with E-state index in [2.05, 4.69) is 0 Å². The summed E-state index contributed by atoms with van der Waals surface area (Å²) in [6, 6.07) is 15.3. The van der Waals surface area contributed by atoms with Gasteiger partial charge in [-0.15, -0.1) is 0 Å². The summed E-state index contributed by atoms with van der Waals surface area (Å²) in [5.41, 5.74) is 2.79. The van der Waals surface area contributed by atoms with E-state index in [9.17, 15) is 9.59 Å². The Balaban J connectivity index is 1.56. The van der Waals surface area contributed by atoms with Gasteiger partial charge in [-0.3, -0.25) is 4.79 Å². The van der Waals surface area contributed by atoms with Crippen LogP contribution in [0.15, 0.2) is 57.7 Å². The molecule has 0 bridgehead atoms. The van der Waals surface area contributed by atoms with E-state index in [-0.39, 0.29) is 18.1 Å². The SMILES string of the molecule is Cc1c(Cc2ccccc2)c(=O)oc2cc(OCC(=O)N3CCCC3)ccc12. The zero-order chi connectivity index (χ0) is 19.5. The second kappa shape index (κ2) is 7.89. The van der Waals surface area contributed by atoms with Crippen molar-refractivity contribution in [3.05, 3.63) is 75.6 Å². The second-order valence-corrected chi connectivity index (χ2v) is 7.19. The molecule has 1 aromatic heterocycles. The van der Waals surface area contributed by atoms with Gasteiger partial charge in [0.15, 0.2) is 6.61 Å². The molecule has 0 atom stereocenters. The fourth-order valence-corrected chi connectivity index (χ4v) is 3.67. The molecule has 0 radical (unpaired) electrons. The number of ether oxygens (including phenoxy) is 1. The van der Waals surface area contributed by atoms with E-state index in [1.54, 1.807) is 6.07 Å². The standard InChI is InChI=1S/C23H23NO4/c1-16-19-10-9-18(27-15-22(25)24-11-5-6-12-24)14-21(19)28-23(26)20(16)13-17-7-3-2-4-8-17/h2-4,7-10,14H,5-6,11-13,15H2,1H3. The predicted octanol–water partition coefficient (Wildman–Crippen LogP) is 3.69. The molecular weight excluding hydrogens is 354 g/mol. The number of likely N-dealkylation sites (tertiary alicyclic amines) is 1. The molecular formula is C23H23NO4. The maximum Gasteiger partial charge on any atom is 0.340 e. The van der Waals surface area contributed by atoms with Crippen LogP contribution in [-0.4, -0.2) is 30.5 Å². The molecule has 0 saturated carbocycles. The maximum absolute atomic E-state index is 12.5. The molecule has 1 fully saturated rings. The normalized spacial score (nSPS) is 13.8. The van der Waals surface area contributed by atoms with Crippen molar-refractivity contribution < 1.29 is 13.9 Å². The quantitative estimate of drug-likeness (QED) is 0.636. The minimum Gasteiger partial charge on any atom is -0.484 e. The Labute approximate surface area is 163 Å². The number of rotatable bonds is 5. The summed E-state index contributed by atoms with van der Waals surface area (Å²) in [5, 5.41) is 0.878. The molecule has 1 aliphatic rings. The maximum atomic E-state index is 12.5. The zero-order valence-corrected chi connectivity index (χ0v) is 15.9. The first kappa shape index (κ1) is 18.3. The average Bonchev–Trinajstić information content (AvgIpc) is 3.25. The molecule has 0 unspecified atom stereocenters. The highest BCUT2D eigenvalue weighted by molar-refractivity contribution is 5.83. The molecule has 2 heterocycles. The Kier molecular flexibility index (Phi) is 5.15. The van der Waals surface area contributed by atoms with Gasteiger partial charge in [-0.25, -0.2) is 4.79 Å². The highest BCUT2D eigenvalue weighted by Crippen LogP contribution is 2.25. The lowest BCUT2D eigenvalue weighted by Gasteiger charge is -2.15. The number of amides is 1. The van der Waals surface area contributed by atoms with Gasteiger partial charge in [0, 0.05) is 36.5 Å². The molecule has 1 amide bonds. The molecule has 28 heavy (non-hydrogen) atoms. The highest BCUT2D eigenvalue weighted by Gasteiger charge is 2.18. The lowest BCUT2D eigenvalue weighted by molar-refractivity contribution is -0.132. The third kappa shape index (κ3) is 3.79. The van der Waals surface area contributed by atoms with E-state index in [0.717, 1.165) is 42.4 Å². The van der Waals surface area contributed by atoms with E-state index >= 15 is 0 Å². The summed E-state index contributed by atoms with van der Waals surface area (Å²) >= 11 is 0. The van der Waals surface area contributed by atoms with Crippen LogP contribution in [0.4, 0.5) is 0 Å². The number of carbonyl (C=O) groups is 1. The third-order valence-corrected chi connectivity index (χ3v) is 5.30. The number of hydrogen-bond donors (Lipinski definition) is 0. The van der Waals surface area contributed by atoms with Crippen molar-refractivity contribution in [2.45, 2.75) is 26.2 Å². The summed E-state index contributed by atoms with van der Waals surface area (Å²) in [6.45, 7) is 3.55. The third-order valence-electron chi connectivity index (χ3n) is 5.30. The van der Waals surface area contributed by atoms with Crippen LogP contribution in [0.1, 0.15) is 29.5 Å². The van der Waals surface area contributed by atoms with E-state index in [0.29, 0.717) is 23.3 Å². The van der Waals surface area contributed by atoms with Crippen molar-refractivity contribution in [3.8, 4) is 5.75 Å². The van der Waals surface area contributed by atoms with Crippen LogP contribution in [0.5, 0.6) is 5.75 Å². The van der Waals surface area contributed by atoms with Crippen LogP contribution < -0.4 is 10.4 Å². The van der Waals surface area contributed by atoms with Crippen molar-refractivity contribution in [2.75, 3.05) is 19.7 Å². The van der Waals surface area contributed by atoms with Gasteiger partial charge < -0.3 is 14.1 Å². The molecule has 0 N–H and O–H groups in total. The molecule has 5 nitrogen and oxygen atoms in total. The summed E-state index contributed by atoms with van der Waals surface area (Å²) in [6.07, 6.45) is 2.64. The first-order valence-corrected chi connectivity index (χ1v) is 9.62. The zero-order valence-electron chi connectivity index (χ0n) is 15.9. The predicted molar refractivity (Wildman–Crippen MR) is 108 cm³/mol. The monoisotopic (exact) mass is 377 g/mol. The van der Waals surface area contributed by atoms with E-state index in [1.165, 1.54) is 0 Å². The number of aryl methyl sites for hydroxylation is 1. The lowest BCUT2D eigenvalue weighted by atomic mass is 10.00. The number of carbonyl (C=O) groups excluding carboxylic acids is 1. The van der Waals surface area contributed by atoms with E-state index < -0.39 is 0 Å². The van der Waals surface area contributed by atoms with Gasteiger partial charge in [-0.2, -0.15) is 0 Å². The van der Waals surface area contributed by atoms with Gasteiger partial charge >= 0.3 is 5.63 Å². The van der Waals surface area contributed by atoms with Crippen molar-refractivity contribution in [2.24, 2.45) is 0 Å². The minimum absolute atomic E-state index is 0.000805. The summed E-state index contributed by atoms with van der Waals surface area (Å²) in [7, 11) is 0. The Morgan fingerprint density at radius 2 is 1.86 bits per heavy atom. The van der Waals surface area contributed by atoms with Gasteiger partial charge in [0.05, 0.1) is 0 Å². The van der Waals surface area contributed by atoms with Gasteiger partial charge in [-0.05, 0) is 43.0 Å². The molecule has 5 heteroatoms. The van der Waals surface area contributed by atoms with Crippen molar-refractivity contribution in [1.82, 2.24) is 4.90 Å². The molecule has 3 aromatic rings. The van der Waals surface area contributed by atoms with Gasteiger partial charge in [0.25, 0.3) is 5.91 Å². The molecule has 4 rings (SSSR count). The summed E-state index contributed by atoms with van der Waals surface area (Å²) in [4.78, 5) is 26.5. The van der Waals surface area contributed by atoms with Gasteiger partial charge in [-0.1, -0.05) is 30.3 Å².